The molecule has 1 N–H and O–H groups in total. The molecular weight excluding hydrogens is 302 g/mol. The first-order valence-corrected chi connectivity index (χ1v) is 8.29. The van der Waals surface area contributed by atoms with E-state index in [1.807, 2.05) is 41.5 Å². The van der Waals surface area contributed by atoms with E-state index in [0.717, 1.165) is 21.7 Å². The van der Waals surface area contributed by atoms with Gasteiger partial charge in [0.25, 0.3) is 5.91 Å². The highest BCUT2D eigenvalue weighted by atomic mass is 32.1. The third kappa shape index (κ3) is 2.91. The molecule has 108 valence electrons. The van der Waals surface area contributed by atoms with Gasteiger partial charge in [0.15, 0.2) is 0 Å². The summed E-state index contributed by atoms with van der Waals surface area (Å²) in [5.74, 6) is -0.0361. The van der Waals surface area contributed by atoms with Crippen LogP contribution in [-0.4, -0.2) is 15.7 Å². The molecule has 0 spiro atoms. The van der Waals surface area contributed by atoms with Gasteiger partial charge < -0.3 is 5.32 Å². The molecule has 0 fully saturated rings. The maximum absolute atomic E-state index is 12.2. The number of aromatic nitrogens is 2. The van der Waals surface area contributed by atoms with Gasteiger partial charge >= 0.3 is 0 Å². The van der Waals surface area contributed by atoms with Crippen LogP contribution < -0.4 is 5.32 Å². The lowest BCUT2D eigenvalue weighted by Gasteiger charge is -2.03. The molecule has 0 aliphatic carbocycles. The zero-order valence-corrected chi connectivity index (χ0v) is 13.4. The average Bonchev–Trinajstić information content (AvgIpc) is 3.19. The molecule has 3 rings (SSSR count). The second-order valence-electron chi connectivity index (χ2n) is 4.74. The minimum Gasteiger partial charge on any atom is -0.347 e. The van der Waals surface area contributed by atoms with Crippen molar-refractivity contribution in [3.05, 3.63) is 51.3 Å². The Hall–Kier alpha value is -1.92. The molecule has 0 bridgehead atoms. The molecule has 0 atom stereocenters. The number of nitrogens with zero attached hydrogens (tertiary/aromatic N) is 2. The van der Waals surface area contributed by atoms with Crippen molar-refractivity contribution in [1.82, 2.24) is 15.1 Å². The highest BCUT2D eigenvalue weighted by Gasteiger charge is 2.11. The standard InChI is InChI=1S/C15H15N3OS2/c1-10-12(8-17-18(10)2)7-16-15(19)14-6-11(9-21-14)13-4-3-5-20-13/h3-6,8-9H,7H2,1-2H3,(H,16,19). The maximum atomic E-state index is 12.2. The molecular formula is C15H15N3OS2. The zero-order valence-electron chi connectivity index (χ0n) is 11.8. The van der Waals surface area contributed by atoms with Crippen LogP contribution in [0.1, 0.15) is 20.9 Å². The Kier molecular flexibility index (Phi) is 3.90. The van der Waals surface area contributed by atoms with E-state index in [4.69, 9.17) is 0 Å². The van der Waals surface area contributed by atoms with E-state index in [-0.39, 0.29) is 5.91 Å². The third-order valence-corrected chi connectivity index (χ3v) is 5.25. The fourth-order valence-corrected chi connectivity index (χ4v) is 3.62. The number of aryl methyl sites for hydroxylation is 1. The van der Waals surface area contributed by atoms with E-state index in [1.165, 1.54) is 16.2 Å². The van der Waals surface area contributed by atoms with Gasteiger partial charge in [0.05, 0.1) is 11.1 Å². The maximum Gasteiger partial charge on any atom is 0.261 e. The number of hydrogen-bond donors (Lipinski definition) is 1. The summed E-state index contributed by atoms with van der Waals surface area (Å²) >= 11 is 3.15. The van der Waals surface area contributed by atoms with Gasteiger partial charge in [-0.25, -0.2) is 0 Å². The summed E-state index contributed by atoms with van der Waals surface area (Å²) in [6, 6.07) is 6.03. The fraction of sp³-hybridized carbons (Fsp3) is 0.200. The average molecular weight is 317 g/mol. The Morgan fingerprint density at radius 3 is 2.95 bits per heavy atom. The summed E-state index contributed by atoms with van der Waals surface area (Å²) in [6.45, 7) is 2.50. The Bertz CT molecular complexity index is 756. The second kappa shape index (κ2) is 5.83. The zero-order chi connectivity index (χ0) is 14.8. The van der Waals surface area contributed by atoms with Gasteiger partial charge in [-0.3, -0.25) is 9.48 Å². The van der Waals surface area contributed by atoms with Gasteiger partial charge in [0, 0.05) is 40.7 Å². The molecule has 4 nitrogen and oxygen atoms in total. The van der Waals surface area contributed by atoms with E-state index >= 15 is 0 Å². The van der Waals surface area contributed by atoms with Crippen LogP contribution in [0.25, 0.3) is 10.4 Å². The number of amides is 1. The number of rotatable bonds is 4. The van der Waals surface area contributed by atoms with Crippen LogP contribution in [0, 0.1) is 6.92 Å². The Morgan fingerprint density at radius 1 is 1.43 bits per heavy atom. The molecule has 0 saturated heterocycles. The molecule has 3 aromatic heterocycles. The van der Waals surface area contributed by atoms with Crippen LogP contribution in [0.3, 0.4) is 0 Å². The van der Waals surface area contributed by atoms with Crippen LogP contribution in [0.4, 0.5) is 0 Å². The van der Waals surface area contributed by atoms with Crippen molar-refractivity contribution in [2.24, 2.45) is 7.05 Å². The number of carbonyl (C=O) groups excluding carboxylic acids is 1. The predicted octanol–water partition coefficient (Wildman–Crippen LogP) is 3.45. The van der Waals surface area contributed by atoms with Gasteiger partial charge in [-0.15, -0.1) is 22.7 Å². The van der Waals surface area contributed by atoms with Crippen LogP contribution in [0.5, 0.6) is 0 Å². The molecule has 0 unspecified atom stereocenters. The lowest BCUT2D eigenvalue weighted by atomic mass is 10.2. The Morgan fingerprint density at radius 2 is 2.29 bits per heavy atom. The van der Waals surface area contributed by atoms with Gasteiger partial charge in [-0.1, -0.05) is 6.07 Å². The summed E-state index contributed by atoms with van der Waals surface area (Å²) in [5.41, 5.74) is 3.22. The molecule has 0 saturated carbocycles. The molecule has 1 amide bonds. The third-order valence-electron chi connectivity index (χ3n) is 3.41. The molecule has 0 aliphatic heterocycles. The monoisotopic (exact) mass is 317 g/mol. The van der Waals surface area contributed by atoms with Crippen molar-refractivity contribution in [3.8, 4) is 10.4 Å². The molecule has 3 heterocycles. The SMILES string of the molecule is Cc1c(CNC(=O)c2cc(-c3cccs3)cs2)cnn1C. The smallest absolute Gasteiger partial charge is 0.261 e. The first-order valence-electron chi connectivity index (χ1n) is 6.53. The van der Waals surface area contributed by atoms with E-state index in [2.05, 4.69) is 16.5 Å². The summed E-state index contributed by atoms with van der Waals surface area (Å²) in [4.78, 5) is 14.1. The number of thiophene rings is 2. The second-order valence-corrected chi connectivity index (χ2v) is 6.60. The lowest BCUT2D eigenvalue weighted by molar-refractivity contribution is 0.0955. The number of nitrogens with one attached hydrogen (secondary N) is 1. The van der Waals surface area contributed by atoms with Crippen LogP contribution in [0.2, 0.25) is 0 Å². The van der Waals surface area contributed by atoms with Crippen LogP contribution in [-0.2, 0) is 13.6 Å². The van der Waals surface area contributed by atoms with Crippen molar-refractivity contribution >= 4 is 28.6 Å². The molecule has 0 aliphatic rings. The van der Waals surface area contributed by atoms with Gasteiger partial charge in [0.2, 0.25) is 0 Å². The summed E-state index contributed by atoms with van der Waals surface area (Å²) in [7, 11) is 1.90. The Balaban J connectivity index is 1.67. The van der Waals surface area contributed by atoms with Crippen molar-refractivity contribution in [2.75, 3.05) is 0 Å². The predicted molar refractivity (Wildman–Crippen MR) is 86.7 cm³/mol. The van der Waals surface area contributed by atoms with Gasteiger partial charge in [-0.2, -0.15) is 5.10 Å². The minimum absolute atomic E-state index is 0.0361. The van der Waals surface area contributed by atoms with Gasteiger partial charge in [-0.05, 0) is 24.4 Å². The quantitative estimate of drug-likeness (QED) is 0.801. The van der Waals surface area contributed by atoms with Crippen molar-refractivity contribution in [3.63, 3.8) is 0 Å². The van der Waals surface area contributed by atoms with Crippen LogP contribution in [0.15, 0.2) is 35.2 Å². The van der Waals surface area contributed by atoms with Crippen molar-refractivity contribution in [2.45, 2.75) is 13.5 Å². The van der Waals surface area contributed by atoms with Crippen LogP contribution >= 0.6 is 22.7 Å². The molecule has 21 heavy (non-hydrogen) atoms. The largest absolute Gasteiger partial charge is 0.347 e. The van der Waals surface area contributed by atoms with E-state index < -0.39 is 0 Å². The highest BCUT2D eigenvalue weighted by molar-refractivity contribution is 7.15. The molecule has 0 aromatic carbocycles. The summed E-state index contributed by atoms with van der Waals surface area (Å²) in [5, 5.41) is 11.2. The first kappa shape index (κ1) is 14.0. The molecule has 0 radical (unpaired) electrons. The van der Waals surface area contributed by atoms with E-state index in [1.54, 1.807) is 17.5 Å². The number of carbonyl (C=O) groups is 1. The summed E-state index contributed by atoms with van der Waals surface area (Å²) < 4.78 is 1.81. The topological polar surface area (TPSA) is 46.9 Å². The molecule has 3 aromatic rings. The minimum atomic E-state index is -0.0361. The van der Waals surface area contributed by atoms with Crippen molar-refractivity contribution in [1.29, 1.82) is 0 Å². The Labute approximate surface area is 131 Å². The van der Waals surface area contributed by atoms with E-state index in [0.29, 0.717) is 6.54 Å². The molecule has 6 heteroatoms. The van der Waals surface area contributed by atoms with Gasteiger partial charge in [0.1, 0.15) is 0 Å². The normalized spacial score (nSPS) is 10.8. The summed E-state index contributed by atoms with van der Waals surface area (Å²) in [6.07, 6.45) is 1.79. The first-order chi connectivity index (χ1) is 10.1. The fourth-order valence-electron chi connectivity index (χ4n) is 2.01. The number of hydrogen-bond acceptors (Lipinski definition) is 4. The van der Waals surface area contributed by atoms with Crippen molar-refractivity contribution < 1.29 is 4.79 Å². The lowest BCUT2D eigenvalue weighted by Crippen LogP contribution is -2.22. The van der Waals surface area contributed by atoms with E-state index in [9.17, 15) is 4.79 Å². The highest BCUT2D eigenvalue weighted by Crippen LogP contribution is 2.29.